The number of imidazole rings is 1. The Morgan fingerprint density at radius 1 is 1.22 bits per heavy atom. The summed E-state index contributed by atoms with van der Waals surface area (Å²) in [5.41, 5.74) is 7.31. The second-order valence-corrected chi connectivity index (χ2v) is 8.12. The molecule has 4 N–H and O–H groups in total. The average molecular weight is 432 g/mol. The number of primary amides is 1. The first-order chi connectivity index (χ1) is 15.5. The second kappa shape index (κ2) is 8.08. The van der Waals surface area contributed by atoms with Crippen LogP contribution in [0, 0.1) is 0 Å². The highest BCUT2D eigenvalue weighted by Gasteiger charge is 2.34. The Kier molecular flexibility index (Phi) is 5.10. The maximum atomic E-state index is 11.4. The van der Waals surface area contributed by atoms with Gasteiger partial charge in [-0.2, -0.15) is 0 Å². The van der Waals surface area contributed by atoms with Gasteiger partial charge in [-0.25, -0.2) is 15.0 Å². The number of nitrogens with zero attached hydrogens (tertiary/aromatic N) is 5. The molecule has 1 aliphatic heterocycles. The van der Waals surface area contributed by atoms with Crippen LogP contribution in [0.5, 0.6) is 5.75 Å². The quantitative estimate of drug-likeness (QED) is 0.426. The normalized spacial score (nSPS) is 17.3. The van der Waals surface area contributed by atoms with Crippen molar-refractivity contribution in [3.05, 3.63) is 54.6 Å². The molecule has 2 aromatic carbocycles. The van der Waals surface area contributed by atoms with Crippen LogP contribution in [0.15, 0.2) is 49.1 Å². The van der Waals surface area contributed by atoms with Gasteiger partial charge >= 0.3 is 0 Å². The lowest BCUT2D eigenvalue weighted by Gasteiger charge is -2.30. The molecule has 9 nitrogen and oxygen atoms in total. The number of hydrogen-bond acceptors (Lipinski definition) is 7. The summed E-state index contributed by atoms with van der Waals surface area (Å²) in [7, 11) is 0. The van der Waals surface area contributed by atoms with E-state index in [9.17, 15) is 15.0 Å². The van der Waals surface area contributed by atoms with E-state index in [0.29, 0.717) is 23.5 Å². The van der Waals surface area contributed by atoms with Gasteiger partial charge in [0.1, 0.15) is 12.1 Å². The first-order valence-corrected chi connectivity index (χ1v) is 10.6. The zero-order chi connectivity index (χ0) is 22.2. The van der Waals surface area contributed by atoms with E-state index in [1.54, 1.807) is 23.0 Å². The fraction of sp³-hybridized carbons (Fsp3) is 0.304. The summed E-state index contributed by atoms with van der Waals surface area (Å²) < 4.78 is 1.79. The van der Waals surface area contributed by atoms with E-state index in [2.05, 4.69) is 19.9 Å². The lowest BCUT2D eigenvalue weighted by molar-refractivity contribution is -0.118. The monoisotopic (exact) mass is 432 g/mol. The minimum atomic E-state index is -0.773. The van der Waals surface area contributed by atoms with Crippen LogP contribution in [0.1, 0.15) is 30.9 Å². The molecule has 2 atom stereocenters. The molecule has 2 aromatic heterocycles. The Morgan fingerprint density at radius 2 is 2.09 bits per heavy atom. The predicted octanol–water partition coefficient (Wildman–Crippen LogP) is 2.26. The van der Waals surface area contributed by atoms with Crippen LogP contribution in [0.4, 0.5) is 5.82 Å². The van der Waals surface area contributed by atoms with Gasteiger partial charge in [-0.15, -0.1) is 0 Å². The molecule has 164 valence electrons. The molecular weight excluding hydrogens is 408 g/mol. The van der Waals surface area contributed by atoms with Crippen molar-refractivity contribution in [1.29, 1.82) is 0 Å². The molecule has 32 heavy (non-hydrogen) atoms. The number of aromatic hydroxyl groups is 1. The minimum Gasteiger partial charge on any atom is -0.508 e. The summed E-state index contributed by atoms with van der Waals surface area (Å²) in [5, 5.41) is 23.2. The zero-order valence-electron chi connectivity index (χ0n) is 17.4. The first-order valence-electron chi connectivity index (χ1n) is 10.6. The van der Waals surface area contributed by atoms with Crippen LogP contribution < -0.4 is 10.6 Å². The van der Waals surface area contributed by atoms with E-state index in [-0.39, 0.29) is 24.1 Å². The third kappa shape index (κ3) is 3.50. The van der Waals surface area contributed by atoms with Gasteiger partial charge in [-0.1, -0.05) is 24.3 Å². The second-order valence-electron chi connectivity index (χ2n) is 8.12. The van der Waals surface area contributed by atoms with Crippen molar-refractivity contribution in [3.63, 3.8) is 0 Å². The van der Waals surface area contributed by atoms with E-state index in [1.807, 2.05) is 24.3 Å². The molecule has 1 fully saturated rings. The van der Waals surface area contributed by atoms with Crippen molar-refractivity contribution < 1.29 is 15.0 Å². The van der Waals surface area contributed by atoms with Gasteiger partial charge in [0.05, 0.1) is 18.5 Å². The summed E-state index contributed by atoms with van der Waals surface area (Å²) in [6.45, 7) is 1.13. The maximum Gasteiger partial charge on any atom is 0.219 e. The van der Waals surface area contributed by atoms with E-state index in [0.717, 1.165) is 35.7 Å². The van der Waals surface area contributed by atoms with Gasteiger partial charge in [0.15, 0.2) is 17.0 Å². The summed E-state index contributed by atoms with van der Waals surface area (Å²) in [4.78, 5) is 26.6. The van der Waals surface area contributed by atoms with Crippen molar-refractivity contribution in [2.24, 2.45) is 5.73 Å². The number of rotatable bonds is 6. The molecule has 1 amide bonds. The van der Waals surface area contributed by atoms with Gasteiger partial charge in [-0.05, 0) is 41.3 Å². The highest BCUT2D eigenvalue weighted by Crippen LogP contribution is 2.37. The number of phenols is 1. The molecule has 0 radical (unpaired) electrons. The number of amides is 1. The SMILES string of the molecule is NC(=O)CCn1cnc2c(N3CCC[C@@H]3C(O)c3cccc4ccc(O)cc34)ncnc21. The predicted molar refractivity (Wildman–Crippen MR) is 120 cm³/mol. The number of hydrogen-bond donors (Lipinski definition) is 3. The number of nitrogens with two attached hydrogens (primary N) is 1. The van der Waals surface area contributed by atoms with Crippen LogP contribution >= 0.6 is 0 Å². The Bertz CT molecular complexity index is 1300. The molecule has 1 saturated heterocycles. The number of carbonyl (C=O) groups is 1. The standard InChI is InChI=1S/C23H24N6O3/c24-19(31)8-10-28-13-27-20-22(28)25-12-26-23(20)29-9-2-5-18(29)21(32)16-4-1-3-14-6-7-15(30)11-17(14)16/h1,3-4,6-7,11-13,18,21,30,32H,2,5,8-10H2,(H2,24,31)/t18-,21?/m1/s1. The lowest BCUT2D eigenvalue weighted by Crippen LogP contribution is -2.35. The molecule has 4 aromatic rings. The fourth-order valence-electron chi connectivity index (χ4n) is 4.61. The molecule has 0 saturated carbocycles. The van der Waals surface area contributed by atoms with Gasteiger partial charge in [0.25, 0.3) is 0 Å². The van der Waals surface area contributed by atoms with E-state index < -0.39 is 6.10 Å². The highest BCUT2D eigenvalue weighted by molar-refractivity contribution is 5.88. The molecule has 5 rings (SSSR count). The van der Waals surface area contributed by atoms with Crippen molar-refractivity contribution in [1.82, 2.24) is 19.5 Å². The third-order valence-electron chi connectivity index (χ3n) is 6.13. The maximum absolute atomic E-state index is 11.4. The van der Waals surface area contributed by atoms with E-state index >= 15 is 0 Å². The summed E-state index contributed by atoms with van der Waals surface area (Å²) in [6, 6.07) is 10.8. The molecule has 1 unspecified atom stereocenters. The zero-order valence-corrected chi connectivity index (χ0v) is 17.4. The molecule has 0 spiro atoms. The number of benzene rings is 2. The van der Waals surface area contributed by atoms with Crippen LogP contribution in [-0.4, -0.2) is 48.2 Å². The molecule has 1 aliphatic rings. The number of aliphatic hydroxyl groups excluding tert-OH is 1. The van der Waals surface area contributed by atoms with Crippen LogP contribution in [0.3, 0.4) is 0 Å². The van der Waals surface area contributed by atoms with E-state index in [1.165, 1.54) is 6.33 Å². The van der Waals surface area contributed by atoms with Crippen molar-refractivity contribution in [2.75, 3.05) is 11.4 Å². The Hall–Kier alpha value is -3.72. The van der Waals surface area contributed by atoms with Crippen LogP contribution in [0.2, 0.25) is 0 Å². The topological polar surface area (TPSA) is 130 Å². The number of aliphatic hydroxyl groups is 1. The highest BCUT2D eigenvalue weighted by atomic mass is 16.3. The summed E-state index contributed by atoms with van der Waals surface area (Å²) >= 11 is 0. The Labute approximate surface area is 184 Å². The number of aryl methyl sites for hydroxylation is 1. The summed E-state index contributed by atoms with van der Waals surface area (Å²) in [6.07, 6.45) is 4.25. The van der Waals surface area contributed by atoms with Gasteiger partial charge in [-0.3, -0.25) is 4.79 Å². The molecule has 3 heterocycles. The van der Waals surface area contributed by atoms with Gasteiger partial charge in [0, 0.05) is 19.5 Å². The lowest BCUT2D eigenvalue weighted by atomic mass is 9.94. The van der Waals surface area contributed by atoms with Crippen molar-refractivity contribution >= 4 is 33.7 Å². The number of carbonyl (C=O) groups excluding carboxylic acids is 1. The largest absolute Gasteiger partial charge is 0.508 e. The fourth-order valence-corrected chi connectivity index (χ4v) is 4.61. The molecule has 0 aliphatic carbocycles. The van der Waals surface area contributed by atoms with Crippen molar-refractivity contribution in [2.45, 2.75) is 38.0 Å². The molecule has 9 heteroatoms. The number of aromatic nitrogens is 4. The van der Waals surface area contributed by atoms with Gasteiger partial charge in [0.2, 0.25) is 5.91 Å². The van der Waals surface area contributed by atoms with E-state index in [4.69, 9.17) is 5.73 Å². The summed E-state index contributed by atoms with van der Waals surface area (Å²) in [5.74, 6) is 0.446. The van der Waals surface area contributed by atoms with Crippen LogP contribution in [0.25, 0.3) is 21.9 Å². The molecule has 0 bridgehead atoms. The molecular formula is C23H24N6O3. The number of phenolic OH excluding ortho intramolecular Hbond substituents is 1. The van der Waals surface area contributed by atoms with Crippen LogP contribution in [-0.2, 0) is 11.3 Å². The van der Waals surface area contributed by atoms with Crippen molar-refractivity contribution in [3.8, 4) is 5.75 Å². The Balaban J connectivity index is 1.51. The third-order valence-corrected chi connectivity index (χ3v) is 6.13. The number of anilines is 1. The van der Waals surface area contributed by atoms with Gasteiger partial charge < -0.3 is 25.4 Å². The minimum absolute atomic E-state index is 0.166. The Morgan fingerprint density at radius 3 is 2.94 bits per heavy atom. The average Bonchev–Trinajstić information content (AvgIpc) is 3.44. The smallest absolute Gasteiger partial charge is 0.219 e. The number of fused-ring (bicyclic) bond motifs is 2. The first kappa shape index (κ1) is 20.2.